The Morgan fingerprint density at radius 2 is 1.76 bits per heavy atom. The summed E-state index contributed by atoms with van der Waals surface area (Å²) < 4.78 is 54.4. The van der Waals surface area contributed by atoms with E-state index in [4.69, 9.17) is 15.2 Å². The van der Waals surface area contributed by atoms with Crippen molar-refractivity contribution < 1.29 is 32.2 Å². The number of esters is 1. The maximum absolute atomic E-state index is 15.5. The van der Waals surface area contributed by atoms with Gasteiger partial charge in [0, 0.05) is 37.1 Å². The van der Waals surface area contributed by atoms with Gasteiger partial charge in [0.25, 0.3) is 5.91 Å². The third-order valence-corrected chi connectivity index (χ3v) is 7.41. The molecule has 3 aromatic rings. The number of benzene rings is 3. The first-order chi connectivity index (χ1) is 21.2. The summed E-state index contributed by atoms with van der Waals surface area (Å²) >= 11 is 0. The van der Waals surface area contributed by atoms with Gasteiger partial charge in [-0.15, -0.1) is 0 Å². The van der Waals surface area contributed by atoms with Crippen molar-refractivity contribution in [1.82, 2.24) is 0 Å². The molecule has 1 aliphatic rings. The Labute approximate surface area is 260 Å². The van der Waals surface area contributed by atoms with Crippen molar-refractivity contribution in [2.45, 2.75) is 51.8 Å². The summed E-state index contributed by atoms with van der Waals surface area (Å²) in [7, 11) is 1.63. The van der Waals surface area contributed by atoms with E-state index < -0.39 is 46.9 Å². The van der Waals surface area contributed by atoms with Crippen LogP contribution < -0.4 is 16.4 Å². The summed E-state index contributed by atoms with van der Waals surface area (Å²) in [5.74, 6) is -5.36. The number of carbonyl (C=O) groups is 2. The average Bonchev–Trinajstić information content (AvgIpc) is 3.37. The largest absolute Gasteiger partial charge is 0.457 e. The summed E-state index contributed by atoms with van der Waals surface area (Å²) in [6, 6.07) is 10.2. The van der Waals surface area contributed by atoms with Crippen molar-refractivity contribution in [3.63, 3.8) is 0 Å². The van der Waals surface area contributed by atoms with Crippen LogP contribution in [0.2, 0.25) is 0 Å². The third-order valence-electron chi connectivity index (χ3n) is 7.41. The molecule has 0 saturated heterocycles. The fourth-order valence-electron chi connectivity index (χ4n) is 5.03. The second kappa shape index (κ2) is 13.6. The average molecular weight is 623 g/mol. The Balaban J connectivity index is 1.70. The minimum Gasteiger partial charge on any atom is -0.457 e. The monoisotopic (exact) mass is 622 g/mol. The van der Waals surface area contributed by atoms with Crippen molar-refractivity contribution in [3.8, 4) is 0 Å². The molecular formula is C34H37F3N4O4. The lowest BCUT2D eigenvalue weighted by Crippen LogP contribution is -2.29. The molecule has 1 aliphatic heterocycles. The van der Waals surface area contributed by atoms with Gasteiger partial charge in [-0.05, 0) is 80.3 Å². The van der Waals surface area contributed by atoms with Gasteiger partial charge in [0.1, 0.15) is 11.4 Å². The van der Waals surface area contributed by atoms with Crippen LogP contribution >= 0.6 is 0 Å². The highest BCUT2D eigenvalue weighted by atomic mass is 19.2. The molecule has 1 unspecified atom stereocenters. The molecular weight excluding hydrogens is 585 g/mol. The number of ether oxygens (including phenoxy) is 2. The van der Waals surface area contributed by atoms with Crippen molar-refractivity contribution in [2.75, 3.05) is 24.4 Å². The van der Waals surface area contributed by atoms with Gasteiger partial charge in [-0.25, -0.2) is 18.0 Å². The molecule has 45 heavy (non-hydrogen) atoms. The molecule has 0 saturated carbocycles. The molecule has 0 radical (unpaired) electrons. The number of nitrogens with two attached hydrogens (primary N) is 1. The van der Waals surface area contributed by atoms with Gasteiger partial charge in [-0.2, -0.15) is 0 Å². The zero-order valence-electron chi connectivity index (χ0n) is 25.8. The predicted molar refractivity (Wildman–Crippen MR) is 168 cm³/mol. The van der Waals surface area contributed by atoms with Crippen LogP contribution in [0.5, 0.6) is 0 Å². The molecule has 0 aliphatic carbocycles. The standard InChI is InChI=1S/C34H37F3N4O4/c1-18(19(2)33(43)45-34(3,4)5)31(20-7-10-25(35)26(36)14-20)41-30-16-29(24(32(38)42)15-27(30)37)40-22-8-9-23-21(13-22)17-39-28(23)11-12-44-6/h7-10,13-18,28,31,40-41H,2,11-12H2,1,3-6H3,(H2,38,42)/t18-,28?,31+/m1/s1. The van der Waals surface area contributed by atoms with E-state index in [9.17, 15) is 18.4 Å². The number of carbonyl (C=O) groups excluding carboxylic acids is 2. The SMILES string of the molecule is C=C(C(=O)OC(C)(C)C)[C@@H](C)[C@H](Nc1cc(Nc2ccc3c(c2)C=NC3CCOC)c(C(N)=O)cc1F)c1ccc(F)c(F)c1. The van der Waals surface area contributed by atoms with E-state index in [0.717, 1.165) is 35.7 Å². The Bertz CT molecular complexity index is 1650. The molecule has 4 N–H and O–H groups in total. The number of halogens is 3. The quantitative estimate of drug-likeness (QED) is 0.146. The lowest BCUT2D eigenvalue weighted by atomic mass is 9.88. The van der Waals surface area contributed by atoms with E-state index >= 15 is 4.39 Å². The molecule has 11 heteroatoms. The molecule has 3 aromatic carbocycles. The molecule has 3 atom stereocenters. The van der Waals surface area contributed by atoms with Gasteiger partial charge >= 0.3 is 5.97 Å². The molecule has 1 heterocycles. The van der Waals surface area contributed by atoms with E-state index in [2.05, 4.69) is 22.2 Å². The first-order valence-electron chi connectivity index (χ1n) is 14.4. The highest BCUT2D eigenvalue weighted by Gasteiger charge is 2.30. The summed E-state index contributed by atoms with van der Waals surface area (Å²) in [6.07, 6.45) is 2.49. The van der Waals surface area contributed by atoms with Gasteiger partial charge in [-0.1, -0.05) is 25.6 Å². The second-order valence-electron chi connectivity index (χ2n) is 11.9. The summed E-state index contributed by atoms with van der Waals surface area (Å²) in [4.78, 5) is 29.7. The van der Waals surface area contributed by atoms with Crippen LogP contribution in [0.4, 0.5) is 30.2 Å². The minimum atomic E-state index is -1.12. The number of methoxy groups -OCH3 is 1. The number of amides is 1. The van der Waals surface area contributed by atoms with Crippen LogP contribution in [-0.2, 0) is 14.3 Å². The van der Waals surface area contributed by atoms with Gasteiger partial charge in [0.15, 0.2) is 11.6 Å². The molecule has 0 fully saturated rings. The zero-order valence-corrected chi connectivity index (χ0v) is 25.8. The van der Waals surface area contributed by atoms with E-state index in [0.29, 0.717) is 12.3 Å². The van der Waals surface area contributed by atoms with Crippen LogP contribution in [0.25, 0.3) is 0 Å². The normalized spacial score (nSPS) is 15.2. The highest BCUT2D eigenvalue weighted by molar-refractivity contribution is 6.00. The fourth-order valence-corrected chi connectivity index (χ4v) is 5.03. The zero-order chi connectivity index (χ0) is 33.1. The number of nitrogens with zero attached hydrogens (tertiary/aromatic N) is 1. The number of aliphatic imine (C=N–C) groups is 1. The number of hydrogen-bond acceptors (Lipinski definition) is 7. The first kappa shape index (κ1) is 33.3. The number of hydrogen-bond donors (Lipinski definition) is 3. The van der Waals surface area contributed by atoms with Crippen LogP contribution in [-0.4, -0.2) is 37.4 Å². The van der Waals surface area contributed by atoms with E-state index in [-0.39, 0.29) is 34.1 Å². The Hall–Kier alpha value is -4.64. The maximum Gasteiger partial charge on any atom is 0.334 e. The highest BCUT2D eigenvalue weighted by Crippen LogP contribution is 2.37. The molecule has 0 bridgehead atoms. The molecule has 8 nitrogen and oxygen atoms in total. The van der Waals surface area contributed by atoms with Crippen LogP contribution in [0.3, 0.4) is 0 Å². The van der Waals surface area contributed by atoms with Crippen LogP contribution in [0, 0.1) is 23.4 Å². The minimum absolute atomic E-state index is 0.0255. The number of primary amides is 1. The molecule has 4 rings (SSSR count). The lowest BCUT2D eigenvalue weighted by Gasteiger charge is -2.29. The predicted octanol–water partition coefficient (Wildman–Crippen LogP) is 7.14. The lowest BCUT2D eigenvalue weighted by molar-refractivity contribution is -0.150. The fraction of sp³-hybridized carbons (Fsp3) is 0.324. The summed E-state index contributed by atoms with van der Waals surface area (Å²) in [6.45, 7) is 11.2. The molecule has 0 spiro atoms. The van der Waals surface area contributed by atoms with E-state index in [1.54, 1.807) is 41.0 Å². The third kappa shape index (κ3) is 7.91. The van der Waals surface area contributed by atoms with Crippen LogP contribution in [0.15, 0.2) is 65.7 Å². The van der Waals surface area contributed by atoms with Gasteiger partial charge in [0.05, 0.1) is 29.0 Å². The Morgan fingerprint density at radius 3 is 2.40 bits per heavy atom. The Kier molecular flexibility index (Phi) is 10.0. The van der Waals surface area contributed by atoms with Gasteiger partial charge in [0.2, 0.25) is 0 Å². The summed E-state index contributed by atoms with van der Waals surface area (Å²) in [5, 5.41) is 6.15. The van der Waals surface area contributed by atoms with E-state index in [1.807, 2.05) is 18.2 Å². The topological polar surface area (TPSA) is 115 Å². The van der Waals surface area contributed by atoms with E-state index in [1.165, 1.54) is 12.1 Å². The molecule has 0 aromatic heterocycles. The van der Waals surface area contributed by atoms with Gasteiger partial charge in [-0.3, -0.25) is 9.79 Å². The first-order valence-corrected chi connectivity index (χ1v) is 14.4. The van der Waals surface area contributed by atoms with Crippen LogP contribution in [0.1, 0.15) is 73.2 Å². The number of nitrogens with one attached hydrogen (secondary N) is 2. The van der Waals surface area contributed by atoms with Gasteiger partial charge < -0.3 is 25.8 Å². The van der Waals surface area contributed by atoms with Crippen molar-refractivity contribution in [3.05, 3.63) is 100 Å². The number of fused-ring (bicyclic) bond motifs is 1. The molecule has 238 valence electrons. The number of anilines is 3. The smallest absolute Gasteiger partial charge is 0.334 e. The Morgan fingerprint density at radius 1 is 1.02 bits per heavy atom. The summed E-state index contributed by atoms with van der Waals surface area (Å²) in [5.41, 5.74) is 7.54. The second-order valence-corrected chi connectivity index (χ2v) is 11.9. The van der Waals surface area contributed by atoms with Crippen molar-refractivity contribution in [1.29, 1.82) is 0 Å². The molecule has 1 amide bonds. The van der Waals surface area contributed by atoms with Crippen molar-refractivity contribution in [2.24, 2.45) is 16.6 Å². The number of rotatable bonds is 12. The van der Waals surface area contributed by atoms with Crippen molar-refractivity contribution >= 4 is 35.2 Å². The maximum atomic E-state index is 15.5.